The first-order chi connectivity index (χ1) is 7.76. The third kappa shape index (κ3) is 1.91. The van der Waals surface area contributed by atoms with E-state index in [1.54, 1.807) is 28.6 Å². The summed E-state index contributed by atoms with van der Waals surface area (Å²) < 4.78 is 1.71. The summed E-state index contributed by atoms with van der Waals surface area (Å²) >= 11 is 1.57. The second-order valence-electron chi connectivity index (χ2n) is 3.28. The molecule has 2 aromatic rings. The van der Waals surface area contributed by atoms with Gasteiger partial charge in [0, 0.05) is 6.54 Å². The second-order valence-corrected chi connectivity index (χ2v) is 4.11. The fourth-order valence-corrected chi connectivity index (χ4v) is 2.04. The maximum absolute atomic E-state index is 9.76. The molecule has 3 N–H and O–H groups in total. The van der Waals surface area contributed by atoms with E-state index in [0.29, 0.717) is 12.2 Å². The Morgan fingerprint density at radius 2 is 2.19 bits per heavy atom. The molecule has 5 heteroatoms. The number of phenols is 1. The summed E-state index contributed by atoms with van der Waals surface area (Å²) in [5, 5.41) is 15.1. The number of para-hydroxylation sites is 2. The van der Waals surface area contributed by atoms with Crippen molar-refractivity contribution in [2.45, 2.75) is 11.6 Å². The third-order valence-electron chi connectivity index (χ3n) is 2.26. The Balaban J connectivity index is 2.54. The van der Waals surface area contributed by atoms with Crippen LogP contribution in [0.5, 0.6) is 5.75 Å². The molecule has 1 heterocycles. The average Bonchev–Trinajstić information content (AvgIpc) is 2.72. The van der Waals surface area contributed by atoms with Crippen molar-refractivity contribution >= 4 is 11.8 Å². The minimum absolute atomic E-state index is 0.212. The summed E-state index contributed by atoms with van der Waals surface area (Å²) in [5.74, 6) is 0.212. The second kappa shape index (κ2) is 4.59. The molecule has 0 amide bonds. The molecule has 4 nitrogen and oxygen atoms in total. The Bertz CT molecular complexity index is 496. The molecule has 84 valence electrons. The van der Waals surface area contributed by atoms with Gasteiger partial charge in [0.05, 0.1) is 5.69 Å². The molecule has 0 bridgehead atoms. The van der Waals surface area contributed by atoms with Crippen LogP contribution in [0.3, 0.4) is 0 Å². The summed E-state index contributed by atoms with van der Waals surface area (Å²) in [4.78, 5) is 0. The van der Waals surface area contributed by atoms with Gasteiger partial charge in [-0.2, -0.15) is 5.10 Å². The van der Waals surface area contributed by atoms with E-state index in [4.69, 9.17) is 5.73 Å². The summed E-state index contributed by atoms with van der Waals surface area (Å²) in [7, 11) is 0. The van der Waals surface area contributed by atoms with E-state index in [0.717, 1.165) is 10.7 Å². The Morgan fingerprint density at radius 1 is 1.44 bits per heavy atom. The molecule has 0 unspecified atom stereocenters. The summed E-state index contributed by atoms with van der Waals surface area (Å²) in [6, 6.07) is 9.04. The van der Waals surface area contributed by atoms with E-state index in [-0.39, 0.29) is 5.75 Å². The van der Waals surface area contributed by atoms with Crippen LogP contribution in [0.15, 0.2) is 35.4 Å². The Kier molecular flexibility index (Phi) is 3.17. The first kappa shape index (κ1) is 11.0. The zero-order valence-electron chi connectivity index (χ0n) is 8.92. The van der Waals surface area contributed by atoms with Crippen molar-refractivity contribution in [3.8, 4) is 11.4 Å². The van der Waals surface area contributed by atoms with Crippen LogP contribution in [0.25, 0.3) is 5.69 Å². The third-order valence-corrected chi connectivity index (χ3v) is 2.96. The first-order valence-electron chi connectivity index (χ1n) is 4.87. The van der Waals surface area contributed by atoms with Crippen molar-refractivity contribution in [3.63, 3.8) is 0 Å². The molecule has 16 heavy (non-hydrogen) atoms. The molecule has 0 saturated heterocycles. The van der Waals surface area contributed by atoms with E-state index in [1.165, 1.54) is 0 Å². The predicted molar refractivity (Wildman–Crippen MR) is 64.9 cm³/mol. The number of rotatable bonds is 3. The van der Waals surface area contributed by atoms with E-state index in [2.05, 4.69) is 5.10 Å². The quantitative estimate of drug-likeness (QED) is 0.796. The fraction of sp³-hybridized carbons (Fsp3) is 0.182. The molecule has 0 spiro atoms. The van der Waals surface area contributed by atoms with Crippen molar-refractivity contribution in [1.29, 1.82) is 0 Å². The lowest BCUT2D eigenvalue weighted by molar-refractivity contribution is 0.468. The molecule has 0 aliphatic carbocycles. The summed E-state index contributed by atoms with van der Waals surface area (Å²) in [5.41, 5.74) is 7.04. The maximum atomic E-state index is 9.76. The van der Waals surface area contributed by atoms with Gasteiger partial charge in [-0.05, 0) is 24.5 Å². The molecular weight excluding hydrogens is 222 g/mol. The van der Waals surface area contributed by atoms with Gasteiger partial charge in [0.25, 0.3) is 0 Å². The Labute approximate surface area is 98.1 Å². The van der Waals surface area contributed by atoms with Crippen LogP contribution >= 0.6 is 11.8 Å². The zero-order valence-corrected chi connectivity index (χ0v) is 9.74. The number of aromatic hydroxyl groups is 1. The molecule has 0 aliphatic rings. The monoisotopic (exact) mass is 235 g/mol. The van der Waals surface area contributed by atoms with Crippen LogP contribution < -0.4 is 5.73 Å². The number of aromatic nitrogens is 2. The number of nitrogens with zero attached hydrogens (tertiary/aromatic N) is 2. The maximum Gasteiger partial charge on any atom is 0.141 e. The van der Waals surface area contributed by atoms with E-state index < -0.39 is 0 Å². The van der Waals surface area contributed by atoms with Crippen molar-refractivity contribution in [2.75, 3.05) is 6.26 Å². The van der Waals surface area contributed by atoms with Gasteiger partial charge in [0.1, 0.15) is 16.5 Å². The molecule has 0 fully saturated rings. The first-order valence-corrected chi connectivity index (χ1v) is 6.10. The van der Waals surface area contributed by atoms with Crippen molar-refractivity contribution in [1.82, 2.24) is 9.78 Å². The van der Waals surface area contributed by atoms with Crippen molar-refractivity contribution in [2.24, 2.45) is 5.73 Å². The lowest BCUT2D eigenvalue weighted by Crippen LogP contribution is -2.01. The fourth-order valence-electron chi connectivity index (χ4n) is 1.47. The molecule has 0 aliphatic heterocycles. The van der Waals surface area contributed by atoms with E-state index in [1.807, 2.05) is 24.5 Å². The highest BCUT2D eigenvalue weighted by Gasteiger charge is 2.10. The molecule has 1 aromatic heterocycles. The van der Waals surface area contributed by atoms with Gasteiger partial charge >= 0.3 is 0 Å². The molecule has 2 rings (SSSR count). The topological polar surface area (TPSA) is 64.1 Å². The molecule has 0 radical (unpaired) electrons. The predicted octanol–water partition coefficient (Wildman–Crippen LogP) is 1.76. The molecule has 0 atom stereocenters. The summed E-state index contributed by atoms with van der Waals surface area (Å²) in [6.45, 7) is 0.397. The van der Waals surface area contributed by atoms with Crippen molar-refractivity contribution in [3.05, 3.63) is 36.0 Å². The van der Waals surface area contributed by atoms with Crippen LogP contribution in [0.1, 0.15) is 5.69 Å². The lowest BCUT2D eigenvalue weighted by Gasteiger charge is -2.06. The largest absolute Gasteiger partial charge is 0.506 e. The van der Waals surface area contributed by atoms with Gasteiger partial charge in [-0.1, -0.05) is 12.1 Å². The van der Waals surface area contributed by atoms with E-state index in [9.17, 15) is 5.11 Å². The number of phenolic OH excluding ortho intramolecular Hbond substituents is 1. The molecule has 1 aromatic carbocycles. The highest BCUT2D eigenvalue weighted by atomic mass is 32.2. The van der Waals surface area contributed by atoms with Gasteiger partial charge in [0.15, 0.2) is 0 Å². The SMILES string of the molecule is CSc1cc(CN)nn1-c1ccccc1O. The number of thioether (sulfide) groups is 1. The summed E-state index contributed by atoms with van der Waals surface area (Å²) in [6.07, 6.45) is 1.97. The van der Waals surface area contributed by atoms with Gasteiger partial charge < -0.3 is 10.8 Å². The van der Waals surface area contributed by atoms with Gasteiger partial charge in [-0.25, -0.2) is 4.68 Å². The number of hydrogen-bond donors (Lipinski definition) is 2. The Hall–Kier alpha value is -1.46. The highest BCUT2D eigenvalue weighted by molar-refractivity contribution is 7.98. The molecular formula is C11H13N3OS. The lowest BCUT2D eigenvalue weighted by atomic mass is 10.3. The van der Waals surface area contributed by atoms with Crippen LogP contribution in [0.2, 0.25) is 0 Å². The van der Waals surface area contributed by atoms with E-state index >= 15 is 0 Å². The number of benzene rings is 1. The highest BCUT2D eigenvalue weighted by Crippen LogP contribution is 2.26. The Morgan fingerprint density at radius 3 is 2.81 bits per heavy atom. The van der Waals surface area contributed by atoms with Crippen molar-refractivity contribution < 1.29 is 5.11 Å². The van der Waals surface area contributed by atoms with Crippen LogP contribution in [-0.2, 0) is 6.54 Å². The smallest absolute Gasteiger partial charge is 0.141 e. The number of nitrogens with two attached hydrogens (primary N) is 1. The normalized spacial score (nSPS) is 10.6. The van der Waals surface area contributed by atoms with Crippen LogP contribution in [-0.4, -0.2) is 21.1 Å². The standard InChI is InChI=1S/C11H13N3OS/c1-16-11-6-8(7-12)13-14(11)9-4-2-3-5-10(9)15/h2-6,15H,7,12H2,1H3. The minimum atomic E-state index is 0.212. The zero-order chi connectivity index (χ0) is 11.5. The van der Waals surface area contributed by atoms with Gasteiger partial charge in [-0.15, -0.1) is 11.8 Å². The molecule has 0 saturated carbocycles. The van der Waals surface area contributed by atoms with Gasteiger partial charge in [0.2, 0.25) is 0 Å². The average molecular weight is 235 g/mol. The van der Waals surface area contributed by atoms with Crippen LogP contribution in [0, 0.1) is 0 Å². The van der Waals surface area contributed by atoms with Gasteiger partial charge in [-0.3, -0.25) is 0 Å². The minimum Gasteiger partial charge on any atom is -0.506 e. The number of hydrogen-bond acceptors (Lipinski definition) is 4. The van der Waals surface area contributed by atoms with Crippen LogP contribution in [0.4, 0.5) is 0 Å².